The topological polar surface area (TPSA) is 63.2 Å². The van der Waals surface area contributed by atoms with Crippen LogP contribution in [0.1, 0.15) is 12.8 Å². The van der Waals surface area contributed by atoms with Gasteiger partial charge in [-0.1, -0.05) is 12.2 Å². The highest BCUT2D eigenvalue weighted by Crippen LogP contribution is 2.16. The van der Waals surface area contributed by atoms with Gasteiger partial charge in [0, 0.05) is 0 Å². The number of rotatable bonds is 3. The smallest absolute Gasteiger partial charge is 0.259 e. The largest absolute Gasteiger partial charge is 0.278 e. The van der Waals surface area contributed by atoms with Crippen molar-refractivity contribution in [1.29, 1.82) is 0 Å². The molecule has 0 spiro atoms. The lowest BCUT2D eigenvalue weighted by Gasteiger charge is -2.07. The van der Waals surface area contributed by atoms with Gasteiger partial charge in [-0.05, 0) is 18.9 Å². The van der Waals surface area contributed by atoms with E-state index in [0.29, 0.717) is 12.8 Å². The molecule has 4 nitrogen and oxygen atoms in total. The minimum absolute atomic E-state index is 0.175. The molecule has 0 bridgehead atoms. The fourth-order valence-corrected chi connectivity index (χ4v) is 1.87. The molecular formula is C7H9NO3S. The number of amides is 1. The van der Waals surface area contributed by atoms with E-state index >= 15 is 0 Å². The standard InChI is InChI=1S/C7H9NO3S/c9-6-8-12(10,11)7-4-2-1-3-5-7/h1-2,4,6H,3,5H2,(H,8,9). The zero-order valence-corrected chi connectivity index (χ0v) is 7.17. The van der Waals surface area contributed by atoms with Crippen molar-refractivity contribution < 1.29 is 13.2 Å². The highest BCUT2D eigenvalue weighted by Gasteiger charge is 2.15. The molecule has 12 heavy (non-hydrogen) atoms. The summed E-state index contributed by atoms with van der Waals surface area (Å²) in [5, 5.41) is 0. The summed E-state index contributed by atoms with van der Waals surface area (Å²) in [6.45, 7) is 0. The molecule has 1 rings (SSSR count). The second-order valence-electron chi connectivity index (χ2n) is 2.34. The Labute approximate surface area is 71.0 Å². The Hall–Kier alpha value is -1.10. The lowest BCUT2D eigenvalue weighted by Crippen LogP contribution is -2.23. The molecule has 0 aromatic heterocycles. The Morgan fingerprint density at radius 1 is 1.50 bits per heavy atom. The number of carbonyl (C=O) groups is 1. The molecule has 1 amide bonds. The van der Waals surface area contributed by atoms with E-state index in [4.69, 9.17) is 0 Å². The third kappa shape index (κ3) is 1.94. The molecule has 1 aliphatic carbocycles. The molecule has 1 aliphatic rings. The maximum Gasteiger partial charge on any atom is 0.259 e. The van der Waals surface area contributed by atoms with Gasteiger partial charge in [0.1, 0.15) is 0 Å². The van der Waals surface area contributed by atoms with Crippen LogP contribution in [0.3, 0.4) is 0 Å². The second-order valence-corrected chi connectivity index (χ2v) is 4.11. The molecule has 0 saturated heterocycles. The lowest BCUT2D eigenvalue weighted by atomic mass is 10.2. The predicted octanol–water partition coefficient (Wildman–Crippen LogP) is 0.296. The van der Waals surface area contributed by atoms with Gasteiger partial charge in [0.15, 0.2) is 0 Å². The molecule has 0 saturated carbocycles. The minimum atomic E-state index is -3.54. The van der Waals surface area contributed by atoms with E-state index in [1.165, 1.54) is 6.08 Å². The highest BCUT2D eigenvalue weighted by atomic mass is 32.2. The van der Waals surface area contributed by atoms with Crippen LogP contribution in [0.4, 0.5) is 0 Å². The van der Waals surface area contributed by atoms with Crippen molar-refractivity contribution in [2.24, 2.45) is 0 Å². The van der Waals surface area contributed by atoms with Gasteiger partial charge in [-0.3, -0.25) is 9.52 Å². The third-order valence-electron chi connectivity index (χ3n) is 1.52. The summed E-state index contributed by atoms with van der Waals surface area (Å²) in [5.74, 6) is 0. The molecule has 5 heteroatoms. The molecular weight excluding hydrogens is 178 g/mol. The Balaban J connectivity index is 2.88. The average Bonchev–Trinajstić information content (AvgIpc) is 2.06. The van der Waals surface area contributed by atoms with Crippen molar-refractivity contribution in [2.45, 2.75) is 12.8 Å². The normalized spacial score (nSPS) is 16.8. The minimum Gasteiger partial charge on any atom is -0.278 e. The third-order valence-corrected chi connectivity index (χ3v) is 2.96. The number of allylic oxidation sites excluding steroid dienone is 4. The Morgan fingerprint density at radius 3 is 2.75 bits per heavy atom. The van der Waals surface area contributed by atoms with Crippen LogP contribution in [0.25, 0.3) is 0 Å². The monoisotopic (exact) mass is 187 g/mol. The van der Waals surface area contributed by atoms with Crippen molar-refractivity contribution in [2.75, 3.05) is 0 Å². The van der Waals surface area contributed by atoms with Gasteiger partial charge in [-0.25, -0.2) is 8.42 Å². The Kier molecular flexibility index (Phi) is 2.65. The SMILES string of the molecule is O=CNS(=O)(=O)C1=CC=CCC1. The van der Waals surface area contributed by atoms with E-state index in [1.54, 1.807) is 10.8 Å². The molecule has 1 N–H and O–H groups in total. The molecule has 0 atom stereocenters. The van der Waals surface area contributed by atoms with Crippen LogP contribution < -0.4 is 4.72 Å². The number of sulfonamides is 1. The molecule has 0 aliphatic heterocycles. The fraction of sp³-hybridized carbons (Fsp3) is 0.286. The predicted molar refractivity (Wildman–Crippen MR) is 44.6 cm³/mol. The summed E-state index contributed by atoms with van der Waals surface area (Å²) in [6.07, 6.45) is 6.37. The summed E-state index contributed by atoms with van der Waals surface area (Å²) in [5.41, 5.74) is 0. The summed E-state index contributed by atoms with van der Waals surface area (Å²) in [6, 6.07) is 0. The Bertz CT molecular complexity index is 327. The van der Waals surface area contributed by atoms with Crippen molar-refractivity contribution >= 4 is 16.4 Å². The van der Waals surface area contributed by atoms with Crippen molar-refractivity contribution in [3.63, 3.8) is 0 Å². The first-order valence-corrected chi connectivity index (χ1v) is 4.97. The molecule has 0 heterocycles. The van der Waals surface area contributed by atoms with Gasteiger partial charge in [-0.2, -0.15) is 0 Å². The van der Waals surface area contributed by atoms with Gasteiger partial charge in [-0.15, -0.1) is 0 Å². The van der Waals surface area contributed by atoms with E-state index in [1.807, 2.05) is 6.08 Å². The molecule has 0 unspecified atom stereocenters. The van der Waals surface area contributed by atoms with E-state index in [2.05, 4.69) is 0 Å². The van der Waals surface area contributed by atoms with Crippen molar-refractivity contribution in [1.82, 2.24) is 4.72 Å². The summed E-state index contributed by atoms with van der Waals surface area (Å²) < 4.78 is 24.1. The van der Waals surface area contributed by atoms with E-state index in [-0.39, 0.29) is 11.3 Å². The zero-order chi connectivity index (χ0) is 9.03. The van der Waals surface area contributed by atoms with Crippen molar-refractivity contribution in [3.8, 4) is 0 Å². The van der Waals surface area contributed by atoms with Crippen LogP contribution in [0.2, 0.25) is 0 Å². The van der Waals surface area contributed by atoms with Crippen LogP contribution >= 0.6 is 0 Å². The summed E-state index contributed by atoms with van der Waals surface area (Å²) in [7, 11) is -3.54. The van der Waals surface area contributed by atoms with Crippen LogP contribution in [0.5, 0.6) is 0 Å². The maximum absolute atomic E-state index is 11.1. The first-order valence-electron chi connectivity index (χ1n) is 3.48. The maximum atomic E-state index is 11.1. The van der Waals surface area contributed by atoms with Gasteiger partial charge >= 0.3 is 0 Å². The highest BCUT2D eigenvalue weighted by molar-refractivity contribution is 7.93. The first-order chi connectivity index (χ1) is 5.67. The number of hydrogen-bond donors (Lipinski definition) is 1. The van der Waals surface area contributed by atoms with Crippen LogP contribution in [0.15, 0.2) is 23.1 Å². The lowest BCUT2D eigenvalue weighted by molar-refractivity contribution is -0.108. The van der Waals surface area contributed by atoms with Gasteiger partial charge in [0.05, 0.1) is 4.91 Å². The van der Waals surface area contributed by atoms with Gasteiger partial charge in [0.2, 0.25) is 6.41 Å². The quantitative estimate of drug-likeness (QED) is 0.646. The molecule has 0 radical (unpaired) electrons. The van der Waals surface area contributed by atoms with E-state index in [9.17, 15) is 13.2 Å². The molecule has 66 valence electrons. The zero-order valence-electron chi connectivity index (χ0n) is 6.36. The van der Waals surface area contributed by atoms with Crippen LogP contribution in [-0.4, -0.2) is 14.8 Å². The summed E-state index contributed by atoms with van der Waals surface area (Å²) >= 11 is 0. The van der Waals surface area contributed by atoms with E-state index in [0.717, 1.165) is 0 Å². The fourth-order valence-electron chi connectivity index (χ4n) is 0.943. The average molecular weight is 187 g/mol. The first kappa shape index (κ1) is 8.99. The van der Waals surface area contributed by atoms with Gasteiger partial charge in [0.25, 0.3) is 10.0 Å². The Morgan fingerprint density at radius 2 is 2.25 bits per heavy atom. The molecule has 0 aromatic carbocycles. The summed E-state index contributed by atoms with van der Waals surface area (Å²) in [4.78, 5) is 10.2. The second kappa shape index (κ2) is 3.53. The molecule has 0 fully saturated rings. The molecule has 0 aromatic rings. The number of nitrogens with one attached hydrogen (secondary N) is 1. The van der Waals surface area contributed by atoms with Crippen molar-refractivity contribution in [3.05, 3.63) is 23.1 Å². The van der Waals surface area contributed by atoms with Crippen LogP contribution in [-0.2, 0) is 14.8 Å². The number of hydrogen-bond acceptors (Lipinski definition) is 3. The van der Waals surface area contributed by atoms with Crippen LogP contribution in [0, 0.1) is 0 Å². The number of carbonyl (C=O) groups excluding carboxylic acids is 1. The van der Waals surface area contributed by atoms with Gasteiger partial charge < -0.3 is 0 Å². The van der Waals surface area contributed by atoms with E-state index < -0.39 is 10.0 Å².